The van der Waals surface area contributed by atoms with Crippen molar-refractivity contribution in [2.45, 2.75) is 13.3 Å². The van der Waals surface area contributed by atoms with Crippen LogP contribution in [0.1, 0.15) is 22.8 Å². The van der Waals surface area contributed by atoms with Crippen molar-refractivity contribution in [3.05, 3.63) is 83.5 Å². The molecule has 0 aliphatic heterocycles. The van der Waals surface area contributed by atoms with Crippen molar-refractivity contribution in [3.63, 3.8) is 0 Å². The van der Waals surface area contributed by atoms with Crippen LogP contribution in [0.2, 0.25) is 0 Å². The van der Waals surface area contributed by atoms with E-state index in [0.717, 1.165) is 39.3 Å². The monoisotopic (exact) mass is 345 g/mol. The van der Waals surface area contributed by atoms with Crippen LogP contribution in [0.4, 0.5) is 0 Å². The molecule has 2 aromatic carbocycles. The van der Waals surface area contributed by atoms with E-state index >= 15 is 0 Å². The maximum absolute atomic E-state index is 8.90. The van der Waals surface area contributed by atoms with Gasteiger partial charge in [0.2, 0.25) is 5.89 Å². The Hall–Kier alpha value is -3.11. The largest absolute Gasteiger partial charge is 0.461 e. The normalized spacial score (nSPS) is 11.6. The number of aliphatic hydroxyl groups excluding tert-OH is 1. The molecule has 2 heterocycles. The predicted molar refractivity (Wildman–Crippen MR) is 102 cm³/mol. The molecule has 0 spiro atoms. The van der Waals surface area contributed by atoms with Crippen molar-refractivity contribution in [2.75, 3.05) is 6.61 Å². The van der Waals surface area contributed by atoms with Crippen molar-refractivity contribution >= 4 is 17.0 Å². The van der Waals surface area contributed by atoms with E-state index in [9.17, 15) is 0 Å². The van der Waals surface area contributed by atoms with E-state index in [-0.39, 0.29) is 6.61 Å². The fraction of sp³-hybridized carbons (Fsp3) is 0.136. The number of aromatic nitrogens is 1. The minimum absolute atomic E-state index is 0.0316. The Morgan fingerprint density at radius 1 is 1.04 bits per heavy atom. The summed E-state index contributed by atoms with van der Waals surface area (Å²) in [6.45, 7) is 1.96. The van der Waals surface area contributed by atoms with E-state index in [0.29, 0.717) is 12.3 Å². The van der Waals surface area contributed by atoms with Gasteiger partial charge in [-0.1, -0.05) is 36.4 Å². The molecule has 1 N–H and O–H groups in total. The highest BCUT2D eigenvalue weighted by Gasteiger charge is 2.14. The summed E-state index contributed by atoms with van der Waals surface area (Å²) >= 11 is 0. The summed E-state index contributed by atoms with van der Waals surface area (Å²) < 4.78 is 11.8. The lowest BCUT2D eigenvalue weighted by Crippen LogP contribution is -1.88. The second kappa shape index (κ2) is 7.02. The fourth-order valence-corrected chi connectivity index (χ4v) is 2.96. The highest BCUT2D eigenvalue weighted by molar-refractivity contribution is 5.81. The Labute approximate surface area is 151 Å². The first-order chi connectivity index (χ1) is 12.7. The summed E-state index contributed by atoms with van der Waals surface area (Å²) in [4.78, 5) is 4.64. The van der Waals surface area contributed by atoms with Crippen LogP contribution in [0.15, 0.2) is 69.5 Å². The summed E-state index contributed by atoms with van der Waals surface area (Å²) in [7, 11) is 0. The number of benzene rings is 2. The molecule has 0 unspecified atom stereocenters. The van der Waals surface area contributed by atoms with Gasteiger partial charge in [0.05, 0.1) is 18.7 Å². The number of oxazole rings is 1. The van der Waals surface area contributed by atoms with Crippen LogP contribution in [-0.2, 0) is 6.42 Å². The molecule has 4 aromatic rings. The van der Waals surface area contributed by atoms with Crippen LogP contribution >= 0.6 is 0 Å². The van der Waals surface area contributed by atoms with Crippen molar-refractivity contribution in [2.24, 2.45) is 0 Å². The summed E-state index contributed by atoms with van der Waals surface area (Å²) in [5.74, 6) is 2.28. The van der Waals surface area contributed by atoms with Gasteiger partial charge in [0.25, 0.3) is 0 Å². The third-order valence-corrected chi connectivity index (χ3v) is 4.26. The van der Waals surface area contributed by atoms with Crippen molar-refractivity contribution in [1.29, 1.82) is 0 Å². The summed E-state index contributed by atoms with van der Waals surface area (Å²) in [5.41, 5.74) is 3.71. The van der Waals surface area contributed by atoms with Gasteiger partial charge in [-0.25, -0.2) is 4.98 Å². The number of rotatable bonds is 5. The van der Waals surface area contributed by atoms with E-state index in [1.165, 1.54) is 0 Å². The second-order valence-corrected chi connectivity index (χ2v) is 6.16. The Kier molecular flexibility index (Phi) is 4.42. The van der Waals surface area contributed by atoms with Gasteiger partial charge < -0.3 is 13.9 Å². The highest BCUT2D eigenvalue weighted by atomic mass is 16.4. The average Bonchev–Trinajstić information content (AvgIpc) is 3.23. The van der Waals surface area contributed by atoms with Crippen LogP contribution in [0.3, 0.4) is 0 Å². The molecule has 4 heteroatoms. The summed E-state index contributed by atoms with van der Waals surface area (Å²) in [5, 5.41) is 9.93. The molecular formula is C22H19NO3. The molecule has 4 rings (SSSR count). The molecule has 0 saturated heterocycles. The maximum Gasteiger partial charge on any atom is 0.226 e. The molecule has 0 atom stereocenters. The lowest BCUT2D eigenvalue weighted by molar-refractivity contribution is 0.343. The zero-order valence-electron chi connectivity index (χ0n) is 14.5. The van der Waals surface area contributed by atoms with Gasteiger partial charge >= 0.3 is 0 Å². The Bertz CT molecular complexity index is 1060. The molecule has 0 amide bonds. The average molecular weight is 345 g/mol. The molecule has 26 heavy (non-hydrogen) atoms. The first-order valence-corrected chi connectivity index (χ1v) is 8.54. The highest BCUT2D eigenvalue weighted by Crippen LogP contribution is 2.26. The number of aryl methyl sites for hydroxylation is 1. The van der Waals surface area contributed by atoms with Gasteiger partial charge in [0.15, 0.2) is 0 Å². The van der Waals surface area contributed by atoms with Gasteiger partial charge in [-0.3, -0.25) is 0 Å². The molecule has 0 aliphatic rings. The first kappa shape index (κ1) is 16.4. The summed E-state index contributed by atoms with van der Waals surface area (Å²) in [6.07, 6.45) is 4.19. The number of nitrogens with zero attached hydrogens (tertiary/aromatic N) is 1. The Morgan fingerprint density at radius 3 is 2.69 bits per heavy atom. The zero-order valence-corrected chi connectivity index (χ0v) is 14.5. The van der Waals surface area contributed by atoms with E-state index in [4.69, 9.17) is 13.9 Å². The smallest absolute Gasteiger partial charge is 0.226 e. The quantitative estimate of drug-likeness (QED) is 0.553. The Morgan fingerprint density at radius 2 is 1.88 bits per heavy atom. The third-order valence-electron chi connectivity index (χ3n) is 4.26. The SMILES string of the molecule is Cc1oc(-c2ccccc2)nc1Cc1cc2cc(/C=C/CO)ccc2o1. The van der Waals surface area contributed by atoms with Crippen LogP contribution in [0, 0.1) is 6.92 Å². The number of fused-ring (bicyclic) bond motifs is 1. The molecule has 0 fully saturated rings. The van der Waals surface area contributed by atoms with Crippen molar-refractivity contribution < 1.29 is 13.9 Å². The first-order valence-electron chi connectivity index (χ1n) is 8.54. The molecule has 0 radical (unpaired) electrons. The molecule has 0 saturated carbocycles. The lowest BCUT2D eigenvalue weighted by atomic mass is 10.1. The number of hydrogen-bond donors (Lipinski definition) is 1. The third kappa shape index (κ3) is 3.32. The minimum atomic E-state index is 0.0316. The summed E-state index contributed by atoms with van der Waals surface area (Å²) in [6, 6.07) is 17.9. The van der Waals surface area contributed by atoms with Crippen LogP contribution in [0.5, 0.6) is 0 Å². The van der Waals surface area contributed by atoms with Gasteiger partial charge in [0, 0.05) is 10.9 Å². The lowest BCUT2D eigenvalue weighted by Gasteiger charge is -1.93. The van der Waals surface area contributed by atoms with Crippen LogP contribution in [-0.4, -0.2) is 16.7 Å². The molecular weight excluding hydrogens is 326 g/mol. The topological polar surface area (TPSA) is 59.4 Å². The van der Waals surface area contributed by atoms with Gasteiger partial charge in [-0.15, -0.1) is 0 Å². The number of furan rings is 1. The van der Waals surface area contributed by atoms with Crippen LogP contribution in [0.25, 0.3) is 28.5 Å². The molecule has 2 aromatic heterocycles. The van der Waals surface area contributed by atoms with E-state index in [1.54, 1.807) is 6.08 Å². The van der Waals surface area contributed by atoms with Crippen molar-refractivity contribution in [3.8, 4) is 11.5 Å². The molecule has 130 valence electrons. The van der Waals surface area contributed by atoms with Gasteiger partial charge in [0.1, 0.15) is 17.1 Å². The standard InChI is InChI=1S/C22H19NO3/c1-15-20(23-22(25-15)17-7-3-2-4-8-17)14-19-13-18-12-16(6-5-11-24)9-10-21(18)26-19/h2-10,12-13,24H,11,14H2,1H3/b6-5+. The molecule has 0 bridgehead atoms. The van der Waals surface area contributed by atoms with E-state index in [1.807, 2.05) is 67.6 Å². The van der Waals surface area contributed by atoms with Gasteiger partial charge in [-0.05, 0) is 42.8 Å². The van der Waals surface area contributed by atoms with Crippen LogP contribution < -0.4 is 0 Å². The van der Waals surface area contributed by atoms with E-state index < -0.39 is 0 Å². The maximum atomic E-state index is 8.90. The number of hydrogen-bond acceptors (Lipinski definition) is 4. The number of aliphatic hydroxyl groups is 1. The predicted octanol–water partition coefficient (Wildman–Crippen LogP) is 4.99. The minimum Gasteiger partial charge on any atom is -0.461 e. The molecule has 4 nitrogen and oxygen atoms in total. The van der Waals surface area contributed by atoms with E-state index in [2.05, 4.69) is 4.98 Å². The molecule has 0 aliphatic carbocycles. The zero-order chi connectivity index (χ0) is 17.9. The van der Waals surface area contributed by atoms with Gasteiger partial charge in [-0.2, -0.15) is 0 Å². The van der Waals surface area contributed by atoms with Crippen molar-refractivity contribution in [1.82, 2.24) is 4.98 Å². The Balaban J connectivity index is 1.61. The second-order valence-electron chi connectivity index (χ2n) is 6.16. The fourth-order valence-electron chi connectivity index (χ4n) is 2.96.